The van der Waals surface area contributed by atoms with Crippen molar-refractivity contribution in [3.05, 3.63) is 0 Å². The molecule has 0 aromatic rings. The van der Waals surface area contributed by atoms with Gasteiger partial charge in [0.1, 0.15) is 0 Å². The molecular weight excluding hydrogens is 150 g/mol. The van der Waals surface area contributed by atoms with E-state index in [0.717, 1.165) is 19.4 Å². The molecule has 1 fully saturated rings. The first-order valence-corrected chi connectivity index (χ1v) is 4.88. The lowest BCUT2D eigenvalue weighted by Crippen LogP contribution is -2.32. The van der Waals surface area contributed by atoms with Crippen LogP contribution in [0.5, 0.6) is 0 Å². The van der Waals surface area contributed by atoms with Crippen molar-refractivity contribution in [3.63, 3.8) is 0 Å². The Morgan fingerprint density at radius 3 is 2.83 bits per heavy atom. The predicted octanol–water partition coefficient (Wildman–Crippen LogP) is 0.00430. The summed E-state index contributed by atoms with van der Waals surface area (Å²) in [6, 6.07) is 0.374. The van der Waals surface area contributed by atoms with E-state index in [9.17, 15) is 0 Å². The molecule has 0 aromatic heterocycles. The van der Waals surface area contributed by atoms with Gasteiger partial charge in [-0.05, 0) is 45.3 Å². The molecule has 3 heteroatoms. The molecule has 1 aliphatic heterocycles. The summed E-state index contributed by atoms with van der Waals surface area (Å²) >= 11 is 0. The fourth-order valence-electron chi connectivity index (χ4n) is 1.91. The van der Waals surface area contributed by atoms with Gasteiger partial charge in [-0.1, -0.05) is 0 Å². The second-order valence-corrected chi connectivity index (χ2v) is 3.91. The number of hydrogen-bond acceptors (Lipinski definition) is 3. The molecule has 2 atom stereocenters. The van der Waals surface area contributed by atoms with Crippen molar-refractivity contribution in [1.29, 1.82) is 0 Å². The topological polar surface area (TPSA) is 55.3 Å². The summed E-state index contributed by atoms with van der Waals surface area (Å²) in [5.74, 6) is 0.710. The van der Waals surface area contributed by atoms with Gasteiger partial charge in [0, 0.05) is 12.6 Å². The molecule has 1 rings (SSSR count). The van der Waals surface area contributed by atoms with Gasteiger partial charge in [-0.3, -0.25) is 0 Å². The molecule has 0 aromatic carbocycles. The zero-order valence-corrected chi connectivity index (χ0v) is 8.00. The van der Waals surface area contributed by atoms with Gasteiger partial charge in [0.25, 0.3) is 0 Å². The normalized spacial score (nSPS) is 27.8. The fourth-order valence-corrected chi connectivity index (χ4v) is 1.91. The van der Waals surface area contributed by atoms with Gasteiger partial charge in [0.05, 0.1) is 0 Å². The van der Waals surface area contributed by atoms with Gasteiger partial charge in [-0.15, -0.1) is 0 Å². The lowest BCUT2D eigenvalue weighted by Gasteiger charge is -2.18. The van der Waals surface area contributed by atoms with Crippen molar-refractivity contribution in [2.75, 3.05) is 26.7 Å². The van der Waals surface area contributed by atoms with Crippen molar-refractivity contribution in [3.8, 4) is 0 Å². The van der Waals surface area contributed by atoms with E-state index in [-0.39, 0.29) is 0 Å². The second-order valence-electron chi connectivity index (χ2n) is 3.91. The summed E-state index contributed by atoms with van der Waals surface area (Å²) in [5, 5.41) is 0. The minimum absolute atomic E-state index is 0.374. The molecular formula is C9H21N3. The summed E-state index contributed by atoms with van der Waals surface area (Å²) in [7, 11) is 2.16. The Labute approximate surface area is 75.1 Å². The van der Waals surface area contributed by atoms with Crippen LogP contribution in [0.1, 0.15) is 19.3 Å². The average molecular weight is 171 g/mol. The van der Waals surface area contributed by atoms with Crippen LogP contribution in [0.3, 0.4) is 0 Å². The van der Waals surface area contributed by atoms with Crippen molar-refractivity contribution in [2.24, 2.45) is 17.4 Å². The second kappa shape index (κ2) is 4.80. The third-order valence-corrected chi connectivity index (χ3v) is 2.77. The maximum atomic E-state index is 6.05. The van der Waals surface area contributed by atoms with Crippen LogP contribution >= 0.6 is 0 Å². The molecule has 1 aliphatic rings. The van der Waals surface area contributed by atoms with E-state index in [2.05, 4.69) is 11.9 Å². The van der Waals surface area contributed by atoms with Crippen LogP contribution < -0.4 is 11.5 Å². The van der Waals surface area contributed by atoms with E-state index in [4.69, 9.17) is 11.5 Å². The Hall–Kier alpha value is -0.120. The van der Waals surface area contributed by atoms with Crippen LogP contribution in [-0.4, -0.2) is 37.6 Å². The highest BCUT2D eigenvalue weighted by atomic mass is 15.1. The number of hydrogen-bond donors (Lipinski definition) is 2. The summed E-state index contributed by atoms with van der Waals surface area (Å²) in [6.45, 7) is 3.16. The highest BCUT2D eigenvalue weighted by Crippen LogP contribution is 2.19. The summed E-state index contributed by atoms with van der Waals surface area (Å²) in [4.78, 5) is 2.35. The number of rotatable bonds is 4. The first-order valence-electron chi connectivity index (χ1n) is 4.88. The Morgan fingerprint density at radius 1 is 1.58 bits per heavy atom. The van der Waals surface area contributed by atoms with Gasteiger partial charge in [0.2, 0.25) is 0 Å². The zero-order chi connectivity index (χ0) is 8.97. The van der Waals surface area contributed by atoms with E-state index in [1.807, 2.05) is 0 Å². The van der Waals surface area contributed by atoms with Gasteiger partial charge >= 0.3 is 0 Å². The van der Waals surface area contributed by atoms with Crippen LogP contribution in [-0.2, 0) is 0 Å². The smallest absolute Gasteiger partial charge is 0.00803 e. The Bertz CT molecular complexity index is 127. The van der Waals surface area contributed by atoms with Crippen LogP contribution in [0, 0.1) is 5.92 Å². The highest BCUT2D eigenvalue weighted by Gasteiger charge is 2.24. The van der Waals surface area contributed by atoms with Crippen LogP contribution in [0.4, 0.5) is 0 Å². The monoisotopic (exact) mass is 171 g/mol. The molecule has 0 amide bonds. The molecule has 0 radical (unpaired) electrons. The van der Waals surface area contributed by atoms with Gasteiger partial charge in [0.15, 0.2) is 0 Å². The zero-order valence-electron chi connectivity index (χ0n) is 8.00. The van der Waals surface area contributed by atoms with E-state index >= 15 is 0 Å². The van der Waals surface area contributed by atoms with Crippen molar-refractivity contribution in [1.82, 2.24) is 4.90 Å². The van der Waals surface area contributed by atoms with E-state index in [1.165, 1.54) is 19.5 Å². The summed E-state index contributed by atoms with van der Waals surface area (Å²) in [5.41, 5.74) is 11.5. The maximum Gasteiger partial charge on any atom is 0.00803 e. The molecule has 0 spiro atoms. The van der Waals surface area contributed by atoms with Crippen LogP contribution in [0.2, 0.25) is 0 Å². The van der Waals surface area contributed by atoms with Crippen LogP contribution in [0.25, 0.3) is 0 Å². The molecule has 72 valence electrons. The molecule has 0 bridgehead atoms. The van der Waals surface area contributed by atoms with E-state index in [0.29, 0.717) is 12.0 Å². The standard InChI is InChI=1S/C9H21N3/c1-12-6-4-8(7-12)9(11)3-2-5-10/h8-9H,2-7,10-11H2,1H3. The first-order chi connectivity index (χ1) is 5.74. The third-order valence-electron chi connectivity index (χ3n) is 2.77. The summed E-state index contributed by atoms with van der Waals surface area (Å²) in [6.07, 6.45) is 3.43. The highest BCUT2D eigenvalue weighted by molar-refractivity contribution is 4.81. The van der Waals surface area contributed by atoms with Crippen LogP contribution in [0.15, 0.2) is 0 Å². The third kappa shape index (κ3) is 2.73. The van der Waals surface area contributed by atoms with E-state index in [1.54, 1.807) is 0 Å². The molecule has 3 nitrogen and oxygen atoms in total. The summed E-state index contributed by atoms with van der Waals surface area (Å²) < 4.78 is 0. The first kappa shape index (κ1) is 9.96. The predicted molar refractivity (Wildman–Crippen MR) is 51.9 cm³/mol. The number of likely N-dealkylation sites (tertiary alicyclic amines) is 1. The quantitative estimate of drug-likeness (QED) is 0.626. The number of nitrogens with zero attached hydrogens (tertiary/aromatic N) is 1. The molecule has 0 aliphatic carbocycles. The fraction of sp³-hybridized carbons (Fsp3) is 1.00. The SMILES string of the molecule is CN1CCC(C(N)CCCN)C1. The van der Waals surface area contributed by atoms with Crippen molar-refractivity contribution < 1.29 is 0 Å². The average Bonchev–Trinajstić information content (AvgIpc) is 2.47. The minimum atomic E-state index is 0.374. The van der Waals surface area contributed by atoms with Gasteiger partial charge < -0.3 is 16.4 Å². The molecule has 2 unspecified atom stereocenters. The minimum Gasteiger partial charge on any atom is -0.330 e. The molecule has 1 saturated heterocycles. The molecule has 4 N–H and O–H groups in total. The van der Waals surface area contributed by atoms with E-state index < -0.39 is 0 Å². The lowest BCUT2D eigenvalue weighted by molar-refractivity contribution is 0.358. The Morgan fingerprint density at radius 2 is 2.33 bits per heavy atom. The molecule has 1 heterocycles. The Kier molecular flexibility index (Phi) is 3.98. The molecule has 12 heavy (non-hydrogen) atoms. The maximum absolute atomic E-state index is 6.05. The largest absolute Gasteiger partial charge is 0.330 e. The van der Waals surface area contributed by atoms with Gasteiger partial charge in [-0.25, -0.2) is 0 Å². The van der Waals surface area contributed by atoms with Crippen molar-refractivity contribution in [2.45, 2.75) is 25.3 Å². The van der Waals surface area contributed by atoms with Crippen molar-refractivity contribution >= 4 is 0 Å². The lowest BCUT2D eigenvalue weighted by atomic mass is 9.96. The number of nitrogens with two attached hydrogens (primary N) is 2. The molecule has 0 saturated carbocycles. The Balaban J connectivity index is 2.18. The van der Waals surface area contributed by atoms with Gasteiger partial charge in [-0.2, -0.15) is 0 Å².